The van der Waals surface area contributed by atoms with Crippen LogP contribution in [-0.4, -0.2) is 57.8 Å². The van der Waals surface area contributed by atoms with Crippen LogP contribution in [0.3, 0.4) is 0 Å². The van der Waals surface area contributed by atoms with E-state index in [0.29, 0.717) is 5.92 Å². The molecule has 1 saturated heterocycles. The van der Waals surface area contributed by atoms with Gasteiger partial charge in [0.2, 0.25) is 0 Å². The highest BCUT2D eigenvalue weighted by molar-refractivity contribution is 5.79. The van der Waals surface area contributed by atoms with E-state index in [-0.39, 0.29) is 0 Å². The van der Waals surface area contributed by atoms with Crippen LogP contribution in [0.1, 0.15) is 12.8 Å². The predicted octanol–water partition coefficient (Wildman–Crippen LogP) is 2.03. The Kier molecular flexibility index (Phi) is 7.03. The van der Waals surface area contributed by atoms with Gasteiger partial charge in [0.25, 0.3) is 0 Å². The molecular weight excluding hydrogens is 276 g/mol. The van der Waals surface area contributed by atoms with Crippen molar-refractivity contribution >= 4 is 11.6 Å². The molecule has 5 heteroatoms. The molecular formula is C17H28N4O. The minimum Gasteiger partial charge on any atom is -0.385 e. The lowest BCUT2D eigenvalue weighted by molar-refractivity contribution is 0.181. The SMILES string of the molecule is CN=C(NCCCNc1ccccc1)N(C)CC1CCOC1. The van der Waals surface area contributed by atoms with Crippen molar-refractivity contribution in [2.75, 3.05) is 52.3 Å². The van der Waals surface area contributed by atoms with E-state index in [1.807, 2.05) is 25.2 Å². The molecule has 0 saturated carbocycles. The van der Waals surface area contributed by atoms with Crippen molar-refractivity contribution < 1.29 is 4.74 Å². The van der Waals surface area contributed by atoms with Gasteiger partial charge < -0.3 is 20.3 Å². The number of nitrogens with zero attached hydrogens (tertiary/aromatic N) is 2. The van der Waals surface area contributed by atoms with Gasteiger partial charge in [-0.3, -0.25) is 4.99 Å². The van der Waals surface area contributed by atoms with E-state index in [1.165, 1.54) is 5.69 Å². The molecule has 22 heavy (non-hydrogen) atoms. The minimum atomic E-state index is 0.628. The summed E-state index contributed by atoms with van der Waals surface area (Å²) >= 11 is 0. The van der Waals surface area contributed by atoms with Gasteiger partial charge in [0.1, 0.15) is 0 Å². The lowest BCUT2D eigenvalue weighted by Gasteiger charge is -2.24. The molecule has 0 amide bonds. The number of ether oxygens (including phenoxy) is 1. The van der Waals surface area contributed by atoms with Crippen molar-refractivity contribution in [3.8, 4) is 0 Å². The van der Waals surface area contributed by atoms with Gasteiger partial charge >= 0.3 is 0 Å². The maximum absolute atomic E-state index is 5.43. The number of hydrogen-bond acceptors (Lipinski definition) is 3. The molecule has 1 aromatic rings. The second-order valence-electron chi connectivity index (χ2n) is 5.73. The number of guanidine groups is 1. The summed E-state index contributed by atoms with van der Waals surface area (Å²) in [5, 5.41) is 6.84. The molecule has 1 aromatic carbocycles. The summed E-state index contributed by atoms with van der Waals surface area (Å²) in [6.45, 7) is 4.65. The smallest absolute Gasteiger partial charge is 0.193 e. The van der Waals surface area contributed by atoms with Crippen molar-refractivity contribution in [3.05, 3.63) is 30.3 Å². The van der Waals surface area contributed by atoms with Crippen LogP contribution in [0.2, 0.25) is 0 Å². The second kappa shape index (κ2) is 9.30. The van der Waals surface area contributed by atoms with Crippen molar-refractivity contribution in [3.63, 3.8) is 0 Å². The Bertz CT molecular complexity index is 443. The first kappa shape index (κ1) is 16.6. The van der Waals surface area contributed by atoms with Gasteiger partial charge in [0.15, 0.2) is 5.96 Å². The molecule has 1 atom stereocenters. The van der Waals surface area contributed by atoms with Gasteiger partial charge in [-0.1, -0.05) is 18.2 Å². The monoisotopic (exact) mass is 304 g/mol. The number of rotatable bonds is 7. The maximum atomic E-state index is 5.43. The van der Waals surface area contributed by atoms with E-state index >= 15 is 0 Å². The minimum absolute atomic E-state index is 0.628. The van der Waals surface area contributed by atoms with E-state index in [9.17, 15) is 0 Å². The van der Waals surface area contributed by atoms with Crippen LogP contribution < -0.4 is 10.6 Å². The van der Waals surface area contributed by atoms with Gasteiger partial charge in [-0.05, 0) is 25.0 Å². The molecule has 122 valence electrons. The van der Waals surface area contributed by atoms with Gasteiger partial charge in [0, 0.05) is 51.9 Å². The van der Waals surface area contributed by atoms with Crippen LogP contribution in [0.25, 0.3) is 0 Å². The predicted molar refractivity (Wildman–Crippen MR) is 92.5 cm³/mol. The fraction of sp³-hybridized carbons (Fsp3) is 0.588. The van der Waals surface area contributed by atoms with Crippen LogP contribution in [0.15, 0.2) is 35.3 Å². The molecule has 1 aliphatic heterocycles. The van der Waals surface area contributed by atoms with Crippen molar-refractivity contribution in [1.82, 2.24) is 10.2 Å². The third-order valence-electron chi connectivity index (χ3n) is 3.87. The number of nitrogens with one attached hydrogen (secondary N) is 2. The fourth-order valence-electron chi connectivity index (χ4n) is 2.66. The van der Waals surface area contributed by atoms with Gasteiger partial charge in [-0.2, -0.15) is 0 Å². The molecule has 5 nitrogen and oxygen atoms in total. The van der Waals surface area contributed by atoms with Crippen molar-refractivity contribution in [1.29, 1.82) is 0 Å². The number of benzene rings is 1. The standard InChI is InChI=1S/C17H28N4O/c1-18-17(21(2)13-15-9-12-22-14-15)20-11-6-10-19-16-7-4-3-5-8-16/h3-5,7-8,15,19H,6,9-14H2,1-2H3,(H,18,20). The molecule has 0 radical (unpaired) electrons. The van der Waals surface area contributed by atoms with E-state index < -0.39 is 0 Å². The third kappa shape index (κ3) is 5.56. The Morgan fingerprint density at radius 2 is 2.14 bits per heavy atom. The van der Waals surface area contributed by atoms with Crippen molar-refractivity contribution in [2.45, 2.75) is 12.8 Å². The quantitative estimate of drug-likeness (QED) is 0.460. The largest absolute Gasteiger partial charge is 0.385 e. The summed E-state index contributed by atoms with van der Waals surface area (Å²) in [6, 6.07) is 10.3. The van der Waals surface area contributed by atoms with E-state index in [0.717, 1.165) is 51.6 Å². The van der Waals surface area contributed by atoms with Gasteiger partial charge in [-0.25, -0.2) is 0 Å². The number of anilines is 1. The zero-order valence-corrected chi connectivity index (χ0v) is 13.7. The second-order valence-corrected chi connectivity index (χ2v) is 5.73. The molecule has 0 aromatic heterocycles. The Balaban J connectivity index is 1.61. The third-order valence-corrected chi connectivity index (χ3v) is 3.87. The average molecular weight is 304 g/mol. The molecule has 1 fully saturated rings. The Morgan fingerprint density at radius 1 is 1.32 bits per heavy atom. The highest BCUT2D eigenvalue weighted by Gasteiger charge is 2.18. The van der Waals surface area contributed by atoms with Gasteiger partial charge in [0.05, 0.1) is 6.61 Å². The van der Waals surface area contributed by atoms with Crippen LogP contribution in [-0.2, 0) is 4.74 Å². The lowest BCUT2D eigenvalue weighted by Crippen LogP contribution is -2.42. The van der Waals surface area contributed by atoms with Crippen LogP contribution in [0.4, 0.5) is 5.69 Å². The summed E-state index contributed by atoms with van der Waals surface area (Å²) in [5.41, 5.74) is 1.17. The van der Waals surface area contributed by atoms with Crippen molar-refractivity contribution in [2.24, 2.45) is 10.9 Å². The van der Waals surface area contributed by atoms with Crippen LogP contribution in [0, 0.1) is 5.92 Å². The number of para-hydroxylation sites is 1. The Labute approximate surface area is 133 Å². The first-order chi connectivity index (χ1) is 10.8. The first-order valence-corrected chi connectivity index (χ1v) is 8.08. The van der Waals surface area contributed by atoms with E-state index in [4.69, 9.17) is 4.74 Å². The molecule has 2 N–H and O–H groups in total. The normalized spacial score (nSPS) is 18.3. The maximum Gasteiger partial charge on any atom is 0.193 e. The van der Waals surface area contributed by atoms with Crippen LogP contribution in [0.5, 0.6) is 0 Å². The fourth-order valence-corrected chi connectivity index (χ4v) is 2.66. The van der Waals surface area contributed by atoms with E-state index in [2.05, 4.69) is 39.7 Å². The highest BCUT2D eigenvalue weighted by atomic mass is 16.5. The number of hydrogen-bond donors (Lipinski definition) is 2. The Hall–Kier alpha value is -1.75. The molecule has 0 spiro atoms. The molecule has 1 heterocycles. The summed E-state index contributed by atoms with van der Waals surface area (Å²) in [7, 11) is 3.93. The summed E-state index contributed by atoms with van der Waals surface area (Å²) in [4.78, 5) is 6.55. The number of aliphatic imine (C=N–C) groups is 1. The summed E-state index contributed by atoms with van der Waals surface area (Å²) in [6.07, 6.45) is 2.20. The van der Waals surface area contributed by atoms with E-state index in [1.54, 1.807) is 0 Å². The van der Waals surface area contributed by atoms with Gasteiger partial charge in [-0.15, -0.1) is 0 Å². The molecule has 0 bridgehead atoms. The lowest BCUT2D eigenvalue weighted by atomic mass is 10.1. The molecule has 1 unspecified atom stereocenters. The summed E-state index contributed by atoms with van der Waals surface area (Å²) < 4.78 is 5.43. The van der Waals surface area contributed by atoms with Crippen LogP contribution >= 0.6 is 0 Å². The molecule has 0 aliphatic carbocycles. The average Bonchev–Trinajstić information content (AvgIpc) is 3.04. The Morgan fingerprint density at radius 3 is 2.82 bits per heavy atom. The zero-order chi connectivity index (χ0) is 15.6. The topological polar surface area (TPSA) is 48.9 Å². The first-order valence-electron chi connectivity index (χ1n) is 8.08. The summed E-state index contributed by atoms with van der Waals surface area (Å²) in [5.74, 6) is 1.59. The molecule has 2 rings (SSSR count). The zero-order valence-electron chi connectivity index (χ0n) is 13.7. The molecule has 1 aliphatic rings. The highest BCUT2D eigenvalue weighted by Crippen LogP contribution is 2.13.